The Morgan fingerprint density at radius 1 is 1.15 bits per heavy atom. The molecular formula is C20H19N3O2S. The summed E-state index contributed by atoms with van der Waals surface area (Å²) in [6.45, 7) is 2.43. The molecule has 0 saturated carbocycles. The highest BCUT2D eigenvalue weighted by atomic mass is 32.1. The van der Waals surface area contributed by atoms with Gasteiger partial charge in [0.2, 0.25) is 0 Å². The largest absolute Gasteiger partial charge is 0.371 e. The van der Waals surface area contributed by atoms with Crippen LogP contribution < -0.4 is 10.6 Å². The number of thiazole rings is 1. The SMILES string of the molecule is O=C(Nc1ccc([C@H]2CNCCO2)cc1)c1cnc(-c2ccccc2)s1. The fraction of sp³-hybridized carbons (Fsp3) is 0.200. The average molecular weight is 365 g/mol. The van der Waals surface area contributed by atoms with Gasteiger partial charge < -0.3 is 15.4 Å². The number of hydrogen-bond acceptors (Lipinski definition) is 5. The first-order chi connectivity index (χ1) is 12.8. The first kappa shape index (κ1) is 16.9. The van der Waals surface area contributed by atoms with Crippen LogP contribution >= 0.6 is 11.3 Å². The zero-order valence-corrected chi connectivity index (χ0v) is 15.0. The maximum atomic E-state index is 12.5. The Labute approximate surface area is 156 Å². The van der Waals surface area contributed by atoms with E-state index in [0.29, 0.717) is 4.88 Å². The smallest absolute Gasteiger partial charge is 0.267 e. The number of nitrogens with one attached hydrogen (secondary N) is 2. The molecule has 0 spiro atoms. The Hall–Kier alpha value is -2.54. The monoisotopic (exact) mass is 365 g/mol. The molecule has 1 saturated heterocycles. The molecule has 1 aliphatic heterocycles. The molecule has 1 amide bonds. The lowest BCUT2D eigenvalue weighted by molar-refractivity contribution is 0.0277. The lowest BCUT2D eigenvalue weighted by atomic mass is 10.1. The third-order valence-electron chi connectivity index (χ3n) is 4.22. The minimum Gasteiger partial charge on any atom is -0.371 e. The van der Waals surface area contributed by atoms with Gasteiger partial charge in [-0.15, -0.1) is 11.3 Å². The predicted octanol–water partition coefficient (Wildman–Crippen LogP) is 3.72. The van der Waals surface area contributed by atoms with Crippen molar-refractivity contribution in [3.63, 3.8) is 0 Å². The van der Waals surface area contributed by atoms with Gasteiger partial charge in [-0.3, -0.25) is 4.79 Å². The average Bonchev–Trinajstić information content (AvgIpc) is 3.20. The molecule has 2 N–H and O–H groups in total. The molecule has 3 aromatic rings. The van der Waals surface area contributed by atoms with Gasteiger partial charge >= 0.3 is 0 Å². The van der Waals surface area contributed by atoms with Gasteiger partial charge in [0.1, 0.15) is 9.88 Å². The van der Waals surface area contributed by atoms with Crippen LogP contribution in [0.4, 0.5) is 5.69 Å². The van der Waals surface area contributed by atoms with Crippen LogP contribution in [0, 0.1) is 0 Å². The molecule has 2 aromatic carbocycles. The molecule has 4 rings (SSSR count). The number of hydrogen-bond donors (Lipinski definition) is 2. The van der Waals surface area contributed by atoms with E-state index in [9.17, 15) is 4.79 Å². The van der Waals surface area contributed by atoms with Crippen molar-refractivity contribution >= 4 is 22.9 Å². The minimum absolute atomic E-state index is 0.0726. The molecule has 5 nitrogen and oxygen atoms in total. The van der Waals surface area contributed by atoms with Crippen molar-refractivity contribution in [1.29, 1.82) is 0 Å². The Kier molecular flexibility index (Phi) is 5.06. The standard InChI is InChI=1S/C20H19N3O2S/c24-19(18-13-22-20(26-18)15-4-2-1-3-5-15)23-16-8-6-14(7-9-16)17-12-21-10-11-25-17/h1-9,13,17,21H,10-12H2,(H,23,24)/t17-/m1/s1. The third-order valence-corrected chi connectivity index (χ3v) is 5.26. The Morgan fingerprint density at radius 3 is 2.69 bits per heavy atom. The van der Waals surface area contributed by atoms with Crippen LogP contribution in [0.15, 0.2) is 60.8 Å². The van der Waals surface area contributed by atoms with Crippen LogP contribution in [0.2, 0.25) is 0 Å². The maximum absolute atomic E-state index is 12.5. The summed E-state index contributed by atoms with van der Waals surface area (Å²) in [4.78, 5) is 17.4. The highest BCUT2D eigenvalue weighted by Gasteiger charge is 2.16. The number of ether oxygens (including phenoxy) is 1. The zero-order chi connectivity index (χ0) is 17.8. The summed E-state index contributed by atoms with van der Waals surface area (Å²) in [6.07, 6.45) is 1.70. The molecule has 6 heteroatoms. The molecule has 1 fully saturated rings. The number of nitrogens with zero attached hydrogens (tertiary/aromatic N) is 1. The van der Waals surface area contributed by atoms with E-state index < -0.39 is 0 Å². The lowest BCUT2D eigenvalue weighted by Crippen LogP contribution is -2.33. The highest BCUT2D eigenvalue weighted by molar-refractivity contribution is 7.17. The van der Waals surface area contributed by atoms with Gasteiger partial charge in [-0.25, -0.2) is 4.98 Å². The second-order valence-electron chi connectivity index (χ2n) is 6.04. The van der Waals surface area contributed by atoms with Gasteiger partial charge in [-0.2, -0.15) is 0 Å². The van der Waals surface area contributed by atoms with Gasteiger partial charge in [0.05, 0.1) is 18.9 Å². The van der Waals surface area contributed by atoms with Gasteiger partial charge in [0.25, 0.3) is 5.91 Å². The molecule has 0 unspecified atom stereocenters. The third kappa shape index (κ3) is 3.83. The quantitative estimate of drug-likeness (QED) is 0.740. The van der Waals surface area contributed by atoms with Crippen LogP contribution in [-0.2, 0) is 4.74 Å². The summed E-state index contributed by atoms with van der Waals surface area (Å²) >= 11 is 1.39. The van der Waals surface area contributed by atoms with Crippen molar-refractivity contribution in [1.82, 2.24) is 10.3 Å². The molecule has 0 radical (unpaired) electrons. The molecule has 1 atom stereocenters. The summed E-state index contributed by atoms with van der Waals surface area (Å²) in [5.41, 5.74) is 2.89. The van der Waals surface area contributed by atoms with E-state index in [1.807, 2.05) is 54.6 Å². The second-order valence-corrected chi connectivity index (χ2v) is 7.07. The summed E-state index contributed by atoms with van der Waals surface area (Å²) < 4.78 is 5.74. The normalized spacial score (nSPS) is 17.0. The van der Waals surface area contributed by atoms with Crippen LogP contribution in [0.1, 0.15) is 21.3 Å². The van der Waals surface area contributed by atoms with Crippen molar-refractivity contribution in [2.45, 2.75) is 6.10 Å². The molecule has 0 aliphatic carbocycles. The minimum atomic E-state index is -0.145. The number of aromatic nitrogens is 1. The van der Waals surface area contributed by atoms with Crippen molar-refractivity contribution < 1.29 is 9.53 Å². The number of benzene rings is 2. The number of amides is 1. The van der Waals surface area contributed by atoms with Crippen molar-refractivity contribution in [2.75, 3.05) is 25.0 Å². The molecular weight excluding hydrogens is 346 g/mol. The van der Waals surface area contributed by atoms with Crippen LogP contribution in [-0.4, -0.2) is 30.6 Å². The van der Waals surface area contributed by atoms with Crippen LogP contribution in [0.25, 0.3) is 10.6 Å². The van der Waals surface area contributed by atoms with Gasteiger partial charge in [0.15, 0.2) is 0 Å². The molecule has 26 heavy (non-hydrogen) atoms. The summed E-state index contributed by atoms with van der Waals surface area (Å²) in [6, 6.07) is 17.7. The van der Waals surface area contributed by atoms with E-state index in [0.717, 1.165) is 41.5 Å². The van der Waals surface area contributed by atoms with E-state index in [2.05, 4.69) is 15.6 Å². The number of carbonyl (C=O) groups is 1. The first-order valence-electron chi connectivity index (χ1n) is 8.54. The van der Waals surface area contributed by atoms with E-state index >= 15 is 0 Å². The number of carbonyl (C=O) groups excluding carboxylic acids is 1. The summed E-state index contributed by atoms with van der Waals surface area (Å²) in [5.74, 6) is -0.145. The van der Waals surface area contributed by atoms with Gasteiger partial charge in [0, 0.05) is 24.3 Å². The highest BCUT2D eigenvalue weighted by Crippen LogP contribution is 2.26. The Bertz CT molecular complexity index is 872. The Balaban J connectivity index is 1.42. The lowest BCUT2D eigenvalue weighted by Gasteiger charge is -2.24. The second kappa shape index (κ2) is 7.78. The number of rotatable bonds is 4. The van der Waals surface area contributed by atoms with E-state index in [1.54, 1.807) is 6.20 Å². The fourth-order valence-electron chi connectivity index (χ4n) is 2.85. The van der Waals surface area contributed by atoms with Gasteiger partial charge in [-0.1, -0.05) is 42.5 Å². The van der Waals surface area contributed by atoms with Crippen molar-refractivity contribution in [3.8, 4) is 10.6 Å². The molecule has 1 aliphatic rings. The van der Waals surface area contributed by atoms with Gasteiger partial charge in [-0.05, 0) is 17.7 Å². The van der Waals surface area contributed by atoms with E-state index in [-0.39, 0.29) is 12.0 Å². The van der Waals surface area contributed by atoms with E-state index in [1.165, 1.54) is 11.3 Å². The van der Waals surface area contributed by atoms with E-state index in [4.69, 9.17) is 4.74 Å². The fourth-order valence-corrected chi connectivity index (χ4v) is 3.66. The Morgan fingerprint density at radius 2 is 1.96 bits per heavy atom. The van der Waals surface area contributed by atoms with Crippen LogP contribution in [0.3, 0.4) is 0 Å². The maximum Gasteiger partial charge on any atom is 0.267 e. The number of anilines is 1. The zero-order valence-electron chi connectivity index (χ0n) is 14.1. The summed E-state index contributed by atoms with van der Waals surface area (Å²) in [7, 11) is 0. The van der Waals surface area contributed by atoms with Crippen LogP contribution in [0.5, 0.6) is 0 Å². The van der Waals surface area contributed by atoms with Crippen molar-refractivity contribution in [2.24, 2.45) is 0 Å². The molecule has 0 bridgehead atoms. The summed E-state index contributed by atoms with van der Waals surface area (Å²) in [5, 5.41) is 7.09. The number of morpholine rings is 1. The predicted molar refractivity (Wildman–Crippen MR) is 104 cm³/mol. The molecule has 2 heterocycles. The topological polar surface area (TPSA) is 63.2 Å². The first-order valence-corrected chi connectivity index (χ1v) is 9.36. The molecule has 132 valence electrons. The molecule has 1 aromatic heterocycles. The van der Waals surface area contributed by atoms with Crippen molar-refractivity contribution in [3.05, 3.63) is 71.2 Å².